The predicted octanol–water partition coefficient (Wildman–Crippen LogP) is 3.29. The van der Waals surface area contributed by atoms with Crippen LogP contribution in [0.3, 0.4) is 0 Å². The van der Waals surface area contributed by atoms with Gasteiger partial charge in [-0.25, -0.2) is 13.8 Å². The maximum atomic E-state index is 14.3. The second-order valence-electron chi connectivity index (χ2n) is 7.01. The van der Waals surface area contributed by atoms with E-state index in [1.54, 1.807) is 13.8 Å². The van der Waals surface area contributed by atoms with Crippen LogP contribution in [0.1, 0.15) is 41.6 Å². The van der Waals surface area contributed by atoms with Gasteiger partial charge in [0.15, 0.2) is 6.39 Å². The summed E-state index contributed by atoms with van der Waals surface area (Å²) < 4.78 is 38.0. The van der Waals surface area contributed by atoms with E-state index in [1.165, 1.54) is 17.4 Å². The summed E-state index contributed by atoms with van der Waals surface area (Å²) in [7, 11) is 0. The number of aryl methyl sites for hydroxylation is 1. The zero-order valence-electron chi connectivity index (χ0n) is 15.8. The van der Waals surface area contributed by atoms with E-state index in [4.69, 9.17) is 9.15 Å². The molecule has 0 radical (unpaired) electrons. The van der Waals surface area contributed by atoms with Gasteiger partial charge in [0.05, 0.1) is 17.7 Å². The van der Waals surface area contributed by atoms with Gasteiger partial charge in [-0.1, -0.05) is 6.07 Å². The molecule has 1 aromatic carbocycles. The number of nitrogens with zero attached hydrogens (tertiary/aromatic N) is 2. The van der Waals surface area contributed by atoms with Gasteiger partial charge in [0.2, 0.25) is 5.76 Å². The Morgan fingerprint density at radius 1 is 1.36 bits per heavy atom. The molecule has 1 aliphatic rings. The van der Waals surface area contributed by atoms with Crippen molar-refractivity contribution in [3.05, 3.63) is 53.2 Å². The highest BCUT2D eigenvalue weighted by atomic mass is 19.1. The third-order valence-electron chi connectivity index (χ3n) is 5.06. The van der Waals surface area contributed by atoms with Gasteiger partial charge < -0.3 is 14.1 Å². The maximum Gasteiger partial charge on any atom is 0.314 e. The molecular formula is C20H22F2N2O4. The van der Waals surface area contributed by atoms with E-state index < -0.39 is 23.0 Å². The van der Waals surface area contributed by atoms with E-state index in [1.807, 2.05) is 0 Å². The summed E-state index contributed by atoms with van der Waals surface area (Å²) in [6.07, 6.45) is 2.18. The van der Waals surface area contributed by atoms with Crippen molar-refractivity contribution >= 4 is 11.9 Å². The lowest BCUT2D eigenvalue weighted by Gasteiger charge is -2.40. The summed E-state index contributed by atoms with van der Waals surface area (Å²) >= 11 is 0. The van der Waals surface area contributed by atoms with Crippen molar-refractivity contribution in [2.45, 2.75) is 33.1 Å². The second-order valence-corrected chi connectivity index (χ2v) is 7.01. The quantitative estimate of drug-likeness (QED) is 0.730. The SMILES string of the molecule is CCOC(=O)[C@]1(Cc2ccc(F)cc2F)CCCN(C(=O)c2ocnc2C)C1. The molecule has 0 N–H and O–H groups in total. The lowest BCUT2D eigenvalue weighted by molar-refractivity contribution is -0.158. The number of esters is 1. The number of carbonyl (C=O) groups excluding carboxylic acids is 2. The van der Waals surface area contributed by atoms with Gasteiger partial charge in [-0.2, -0.15) is 0 Å². The monoisotopic (exact) mass is 392 g/mol. The molecule has 0 saturated carbocycles. The number of ether oxygens (including phenoxy) is 1. The van der Waals surface area contributed by atoms with E-state index in [-0.39, 0.29) is 36.8 Å². The molecule has 2 aromatic rings. The normalized spacial score (nSPS) is 19.5. The molecule has 0 bridgehead atoms. The van der Waals surface area contributed by atoms with Gasteiger partial charge in [0.25, 0.3) is 5.91 Å². The highest BCUT2D eigenvalue weighted by Gasteiger charge is 2.45. The molecule has 8 heteroatoms. The third-order valence-corrected chi connectivity index (χ3v) is 5.06. The van der Waals surface area contributed by atoms with E-state index in [0.29, 0.717) is 25.1 Å². The predicted molar refractivity (Wildman–Crippen MR) is 95.5 cm³/mol. The average Bonchev–Trinajstić information content (AvgIpc) is 3.10. The van der Waals surface area contributed by atoms with Crippen molar-refractivity contribution < 1.29 is 27.5 Å². The first kappa shape index (κ1) is 20.0. The minimum atomic E-state index is -1.11. The molecule has 1 aromatic heterocycles. The first-order valence-corrected chi connectivity index (χ1v) is 9.17. The first-order chi connectivity index (χ1) is 13.4. The Hall–Kier alpha value is -2.77. The Bertz CT molecular complexity index is 883. The Balaban J connectivity index is 1.91. The fraction of sp³-hybridized carbons (Fsp3) is 0.450. The fourth-order valence-corrected chi connectivity index (χ4v) is 3.65. The summed E-state index contributed by atoms with van der Waals surface area (Å²) in [4.78, 5) is 31.1. The van der Waals surface area contributed by atoms with Crippen LogP contribution in [0.5, 0.6) is 0 Å². The summed E-state index contributed by atoms with van der Waals surface area (Å²) in [5.74, 6) is -2.16. The zero-order valence-corrected chi connectivity index (χ0v) is 15.8. The van der Waals surface area contributed by atoms with Crippen LogP contribution in [0.4, 0.5) is 8.78 Å². The van der Waals surface area contributed by atoms with Crippen LogP contribution in [0.15, 0.2) is 29.0 Å². The van der Waals surface area contributed by atoms with Crippen molar-refractivity contribution in [1.29, 1.82) is 0 Å². The van der Waals surface area contributed by atoms with Crippen LogP contribution < -0.4 is 0 Å². The summed E-state index contributed by atoms with van der Waals surface area (Å²) in [5, 5.41) is 0. The van der Waals surface area contributed by atoms with Crippen molar-refractivity contribution in [3.8, 4) is 0 Å². The molecule has 28 heavy (non-hydrogen) atoms. The number of benzene rings is 1. The Kier molecular flexibility index (Phi) is 5.76. The number of aromatic nitrogens is 1. The molecular weight excluding hydrogens is 370 g/mol. The van der Waals surface area contributed by atoms with Crippen LogP contribution in [0.25, 0.3) is 0 Å². The molecule has 1 atom stereocenters. The van der Waals surface area contributed by atoms with Gasteiger partial charge in [0, 0.05) is 19.2 Å². The van der Waals surface area contributed by atoms with Gasteiger partial charge in [-0.05, 0) is 44.7 Å². The molecule has 2 heterocycles. The number of oxazole rings is 1. The van der Waals surface area contributed by atoms with Crippen molar-refractivity contribution in [1.82, 2.24) is 9.88 Å². The molecule has 150 valence electrons. The Labute approximate surface area is 161 Å². The molecule has 3 rings (SSSR count). The largest absolute Gasteiger partial charge is 0.466 e. The molecule has 1 aliphatic heterocycles. The maximum absolute atomic E-state index is 14.3. The highest BCUT2D eigenvalue weighted by Crippen LogP contribution is 2.36. The lowest BCUT2D eigenvalue weighted by atomic mass is 9.74. The lowest BCUT2D eigenvalue weighted by Crippen LogP contribution is -2.51. The van der Waals surface area contributed by atoms with Gasteiger partial charge in [-0.3, -0.25) is 9.59 Å². The molecule has 1 fully saturated rings. The number of hydrogen-bond donors (Lipinski definition) is 0. The number of likely N-dealkylation sites (tertiary alicyclic amines) is 1. The van der Waals surface area contributed by atoms with E-state index in [2.05, 4.69) is 4.98 Å². The first-order valence-electron chi connectivity index (χ1n) is 9.17. The molecule has 0 aliphatic carbocycles. The van der Waals surface area contributed by atoms with Crippen LogP contribution >= 0.6 is 0 Å². The summed E-state index contributed by atoms with van der Waals surface area (Å²) in [6.45, 7) is 4.01. The number of amides is 1. The Morgan fingerprint density at radius 2 is 2.14 bits per heavy atom. The van der Waals surface area contributed by atoms with Gasteiger partial charge in [-0.15, -0.1) is 0 Å². The molecule has 0 unspecified atom stereocenters. The number of hydrogen-bond acceptors (Lipinski definition) is 5. The second kappa shape index (κ2) is 8.08. The van der Waals surface area contributed by atoms with Crippen LogP contribution in [0, 0.1) is 24.0 Å². The van der Waals surface area contributed by atoms with E-state index in [0.717, 1.165) is 12.1 Å². The smallest absolute Gasteiger partial charge is 0.314 e. The average molecular weight is 392 g/mol. The topological polar surface area (TPSA) is 72.6 Å². The third kappa shape index (κ3) is 3.90. The van der Waals surface area contributed by atoms with Gasteiger partial charge in [0.1, 0.15) is 11.6 Å². The molecule has 6 nitrogen and oxygen atoms in total. The van der Waals surface area contributed by atoms with Crippen LogP contribution in [-0.4, -0.2) is 41.5 Å². The fourth-order valence-electron chi connectivity index (χ4n) is 3.65. The van der Waals surface area contributed by atoms with Crippen LogP contribution in [0.2, 0.25) is 0 Å². The zero-order chi connectivity index (χ0) is 20.3. The summed E-state index contributed by atoms with van der Waals surface area (Å²) in [5.41, 5.74) is -0.447. The number of piperidine rings is 1. The Morgan fingerprint density at radius 3 is 2.79 bits per heavy atom. The minimum Gasteiger partial charge on any atom is -0.466 e. The number of carbonyl (C=O) groups is 2. The summed E-state index contributed by atoms with van der Waals surface area (Å²) in [6, 6.07) is 3.27. The van der Waals surface area contributed by atoms with Crippen molar-refractivity contribution in [3.63, 3.8) is 0 Å². The van der Waals surface area contributed by atoms with Crippen molar-refractivity contribution in [2.24, 2.45) is 5.41 Å². The van der Waals surface area contributed by atoms with E-state index >= 15 is 0 Å². The molecule has 1 amide bonds. The minimum absolute atomic E-state index is 0.0110. The van der Waals surface area contributed by atoms with Crippen molar-refractivity contribution in [2.75, 3.05) is 19.7 Å². The number of rotatable bonds is 5. The van der Waals surface area contributed by atoms with Crippen LogP contribution in [-0.2, 0) is 16.0 Å². The highest BCUT2D eigenvalue weighted by molar-refractivity contribution is 5.93. The van der Waals surface area contributed by atoms with Gasteiger partial charge >= 0.3 is 5.97 Å². The molecule has 1 saturated heterocycles. The molecule has 0 spiro atoms. The van der Waals surface area contributed by atoms with E-state index in [9.17, 15) is 18.4 Å². The number of halogens is 2. The standard InChI is InChI=1S/C20H22F2N2O4/c1-3-27-19(26)20(10-14-5-6-15(21)9-16(14)22)7-4-8-24(11-20)18(25)17-13(2)23-12-28-17/h5-6,9,12H,3-4,7-8,10-11H2,1-2H3/t20-/m0/s1.